The second-order valence-corrected chi connectivity index (χ2v) is 13.9. The molecule has 2 unspecified atom stereocenters. The van der Waals surface area contributed by atoms with E-state index in [2.05, 4.69) is 10.6 Å². The molecule has 0 aliphatic rings. The van der Waals surface area contributed by atoms with Gasteiger partial charge in [-0.2, -0.15) is 0 Å². The van der Waals surface area contributed by atoms with Crippen LogP contribution >= 0.6 is 21.6 Å². The number of ether oxygens (including phenoxy) is 2. The highest BCUT2D eigenvalue weighted by molar-refractivity contribution is 8.76. The van der Waals surface area contributed by atoms with Gasteiger partial charge in [-0.05, 0) is 51.6 Å². The van der Waals surface area contributed by atoms with Crippen LogP contribution in [0.3, 0.4) is 0 Å². The van der Waals surface area contributed by atoms with E-state index in [1.165, 1.54) is 65.6 Å². The van der Waals surface area contributed by atoms with Crippen LogP contribution in [-0.2, 0) is 28.7 Å². The highest BCUT2D eigenvalue weighted by Crippen LogP contribution is 2.24. The first-order chi connectivity index (χ1) is 21.4. The molecule has 0 aliphatic carbocycles. The second-order valence-electron chi connectivity index (χ2n) is 11.2. The quantitative estimate of drug-likeness (QED) is 0.0429. The summed E-state index contributed by atoms with van der Waals surface area (Å²) in [5, 5.41) is 5.65. The molecule has 12 heteroatoms. The summed E-state index contributed by atoms with van der Waals surface area (Å²) in [6, 6.07) is -1.36. The smallest absolute Gasteiger partial charge is 0.328 e. The Morgan fingerprint density at radius 1 is 0.523 bits per heavy atom. The summed E-state index contributed by atoms with van der Waals surface area (Å²) in [5.74, 6) is 0.0932. The molecule has 258 valence electrons. The van der Waals surface area contributed by atoms with Crippen molar-refractivity contribution < 1.29 is 28.7 Å². The van der Waals surface area contributed by atoms with Gasteiger partial charge in [0.1, 0.15) is 12.1 Å². The van der Waals surface area contributed by atoms with Gasteiger partial charge in [0.25, 0.3) is 0 Å². The normalized spacial score (nSPS) is 12.4. The fraction of sp³-hybridized carbons (Fsp3) is 0.875. The van der Waals surface area contributed by atoms with Crippen molar-refractivity contribution in [3.8, 4) is 0 Å². The fourth-order valence-corrected chi connectivity index (χ4v) is 6.93. The van der Waals surface area contributed by atoms with Crippen molar-refractivity contribution in [3.05, 3.63) is 0 Å². The minimum atomic E-state index is -0.679. The van der Waals surface area contributed by atoms with Gasteiger partial charge >= 0.3 is 11.9 Å². The molecule has 0 aliphatic heterocycles. The number of hydrogen-bond acceptors (Lipinski definition) is 10. The molecule has 44 heavy (non-hydrogen) atoms. The van der Waals surface area contributed by atoms with Gasteiger partial charge < -0.3 is 31.6 Å². The summed E-state index contributed by atoms with van der Waals surface area (Å²) < 4.78 is 9.78. The molecule has 0 bridgehead atoms. The van der Waals surface area contributed by atoms with Crippen LogP contribution in [0.1, 0.15) is 128 Å². The molecule has 0 rings (SSSR count). The van der Waals surface area contributed by atoms with Crippen molar-refractivity contribution in [1.29, 1.82) is 0 Å². The summed E-state index contributed by atoms with van der Waals surface area (Å²) in [5.41, 5.74) is 11.0. The Morgan fingerprint density at radius 3 is 1.11 bits per heavy atom. The first kappa shape index (κ1) is 42.5. The predicted molar refractivity (Wildman–Crippen MR) is 183 cm³/mol. The van der Waals surface area contributed by atoms with Gasteiger partial charge in [0.05, 0.1) is 14.2 Å². The number of methoxy groups -OCH3 is 2. The monoisotopic (exact) mass is 662 g/mol. The Kier molecular flexibility index (Phi) is 30.4. The van der Waals surface area contributed by atoms with Crippen LogP contribution in [0.2, 0.25) is 0 Å². The third-order valence-electron chi connectivity index (χ3n) is 7.42. The number of unbranched alkanes of at least 4 members (excludes halogenated alkanes) is 14. The lowest BCUT2D eigenvalue weighted by molar-refractivity contribution is -0.145. The van der Waals surface area contributed by atoms with E-state index in [0.29, 0.717) is 37.2 Å². The Hall–Kier alpha value is -1.50. The highest BCUT2D eigenvalue weighted by Gasteiger charge is 2.22. The molecule has 2 atom stereocenters. The van der Waals surface area contributed by atoms with Crippen molar-refractivity contribution in [1.82, 2.24) is 10.6 Å². The van der Waals surface area contributed by atoms with Gasteiger partial charge in [0.2, 0.25) is 11.8 Å². The van der Waals surface area contributed by atoms with Crippen molar-refractivity contribution in [2.24, 2.45) is 11.5 Å². The molecule has 2 amide bonds. The minimum Gasteiger partial charge on any atom is -0.467 e. The molecule has 0 saturated carbocycles. The van der Waals surface area contributed by atoms with Crippen LogP contribution in [0.4, 0.5) is 0 Å². The molecular formula is C32H62N4O6S2. The molecule has 0 spiro atoms. The number of nitrogens with one attached hydrogen (secondary N) is 2. The van der Waals surface area contributed by atoms with Crippen LogP contribution in [0, 0.1) is 0 Å². The van der Waals surface area contributed by atoms with Crippen LogP contribution < -0.4 is 22.1 Å². The Morgan fingerprint density at radius 2 is 0.818 bits per heavy atom. The number of carbonyl (C=O) groups is 4. The molecule has 0 radical (unpaired) electrons. The van der Waals surface area contributed by atoms with Gasteiger partial charge in [-0.1, -0.05) is 98.6 Å². The summed E-state index contributed by atoms with van der Waals surface area (Å²) in [6.07, 6.45) is 19.3. The van der Waals surface area contributed by atoms with E-state index in [1.54, 1.807) is 21.6 Å². The van der Waals surface area contributed by atoms with Gasteiger partial charge in [-0.15, -0.1) is 0 Å². The molecule has 0 aromatic heterocycles. The summed E-state index contributed by atoms with van der Waals surface area (Å²) >= 11 is 0. The van der Waals surface area contributed by atoms with E-state index in [9.17, 15) is 19.2 Å². The number of amides is 2. The zero-order valence-corrected chi connectivity index (χ0v) is 29.2. The molecule has 0 aromatic carbocycles. The van der Waals surface area contributed by atoms with E-state index < -0.39 is 24.0 Å². The maximum Gasteiger partial charge on any atom is 0.328 e. The standard InChI is InChI=1S/C32H62N4O6S2/c1-41-31(39)27(35-29(37)19-15-11-7-3-5-9-13-17-23-33)21-25-43-44-26-22-28(32(40)42-2)36-30(38)20-16-12-8-4-6-10-14-18-24-34/h27-28H,3-26,33-34H2,1-2H3,(H,35,37)(H,36,38). The van der Waals surface area contributed by atoms with Crippen molar-refractivity contribution in [2.45, 2.75) is 141 Å². The molecule has 10 nitrogen and oxygen atoms in total. The molecule has 0 aromatic rings. The largest absolute Gasteiger partial charge is 0.467 e. The lowest BCUT2D eigenvalue weighted by atomic mass is 10.1. The Balaban J connectivity index is 4.18. The molecular weight excluding hydrogens is 601 g/mol. The molecule has 0 saturated heterocycles. The first-order valence-corrected chi connectivity index (χ1v) is 19.3. The summed E-state index contributed by atoms with van der Waals surface area (Å²) in [7, 11) is 5.76. The Labute approximate surface area is 274 Å². The average Bonchev–Trinajstić information content (AvgIpc) is 3.02. The van der Waals surface area contributed by atoms with E-state index >= 15 is 0 Å². The topological polar surface area (TPSA) is 163 Å². The first-order valence-electron chi connectivity index (χ1n) is 16.8. The van der Waals surface area contributed by atoms with Crippen molar-refractivity contribution in [3.63, 3.8) is 0 Å². The van der Waals surface area contributed by atoms with Crippen LogP contribution in [0.25, 0.3) is 0 Å². The van der Waals surface area contributed by atoms with E-state index in [0.717, 1.165) is 64.5 Å². The maximum atomic E-state index is 12.4. The van der Waals surface area contributed by atoms with E-state index in [-0.39, 0.29) is 11.8 Å². The lowest BCUT2D eigenvalue weighted by Crippen LogP contribution is -2.42. The SMILES string of the molecule is COC(=O)C(CCSSCCC(NC(=O)CCCCCCCCCCN)C(=O)OC)NC(=O)CCCCCCCCCCN. The van der Waals surface area contributed by atoms with Crippen LogP contribution in [0.15, 0.2) is 0 Å². The van der Waals surface area contributed by atoms with E-state index in [1.807, 2.05) is 0 Å². The zero-order valence-electron chi connectivity index (χ0n) is 27.5. The number of carbonyl (C=O) groups excluding carboxylic acids is 4. The van der Waals surface area contributed by atoms with Crippen molar-refractivity contribution in [2.75, 3.05) is 38.8 Å². The molecule has 0 heterocycles. The number of esters is 2. The maximum absolute atomic E-state index is 12.4. The highest BCUT2D eigenvalue weighted by atomic mass is 33.1. The number of nitrogens with two attached hydrogens (primary N) is 2. The fourth-order valence-electron chi connectivity index (χ4n) is 4.75. The number of hydrogen-bond donors (Lipinski definition) is 4. The number of rotatable bonds is 31. The third kappa shape index (κ3) is 25.8. The summed E-state index contributed by atoms with van der Waals surface area (Å²) in [4.78, 5) is 49.2. The van der Waals surface area contributed by atoms with Crippen molar-refractivity contribution >= 4 is 45.3 Å². The van der Waals surface area contributed by atoms with Crippen LogP contribution in [-0.4, -0.2) is 74.7 Å². The summed E-state index contributed by atoms with van der Waals surface area (Å²) in [6.45, 7) is 1.52. The lowest BCUT2D eigenvalue weighted by Gasteiger charge is -2.17. The third-order valence-corrected chi connectivity index (χ3v) is 9.89. The van der Waals surface area contributed by atoms with Gasteiger partial charge in [0.15, 0.2) is 0 Å². The predicted octanol–water partition coefficient (Wildman–Crippen LogP) is 5.40. The van der Waals surface area contributed by atoms with Gasteiger partial charge in [0, 0.05) is 24.3 Å². The Bertz CT molecular complexity index is 688. The van der Waals surface area contributed by atoms with Gasteiger partial charge in [-0.3, -0.25) is 9.59 Å². The molecule has 6 N–H and O–H groups in total. The van der Waals surface area contributed by atoms with Gasteiger partial charge in [-0.25, -0.2) is 9.59 Å². The van der Waals surface area contributed by atoms with Crippen LogP contribution in [0.5, 0.6) is 0 Å². The van der Waals surface area contributed by atoms with E-state index in [4.69, 9.17) is 20.9 Å². The second kappa shape index (κ2) is 31.5. The average molecular weight is 663 g/mol. The minimum absolute atomic E-state index is 0.129. The molecule has 0 fully saturated rings. The zero-order chi connectivity index (χ0) is 32.7.